The number of aromatic hydroxyl groups is 2. The predicted octanol–water partition coefficient (Wildman–Crippen LogP) is 2.87. The summed E-state index contributed by atoms with van der Waals surface area (Å²) in [6.45, 7) is 0. The van der Waals surface area contributed by atoms with Crippen molar-refractivity contribution in [1.29, 1.82) is 0 Å². The zero-order chi connectivity index (χ0) is 12.9. The Hall–Kier alpha value is -1.58. The topological polar surface area (TPSA) is 58.9 Å². The molecule has 4 rings (SSSR count). The third-order valence-corrected chi connectivity index (χ3v) is 4.39. The van der Waals surface area contributed by atoms with Crippen molar-refractivity contribution in [2.24, 2.45) is 0 Å². The minimum absolute atomic E-state index is 0.150. The van der Waals surface area contributed by atoms with Gasteiger partial charge in [-0.1, -0.05) is 0 Å². The van der Waals surface area contributed by atoms with E-state index in [0.717, 1.165) is 36.8 Å². The van der Waals surface area contributed by atoms with E-state index >= 15 is 0 Å². The zero-order valence-corrected chi connectivity index (χ0v) is 10.7. The third kappa shape index (κ3) is 1.32. The van der Waals surface area contributed by atoms with Gasteiger partial charge < -0.3 is 19.7 Å². The van der Waals surface area contributed by atoms with Crippen LogP contribution in [0.15, 0.2) is 0 Å². The van der Waals surface area contributed by atoms with Crippen molar-refractivity contribution in [2.45, 2.75) is 37.5 Å². The molecule has 0 radical (unpaired) electrons. The van der Waals surface area contributed by atoms with E-state index < -0.39 is 0 Å². The zero-order valence-electron chi connectivity index (χ0n) is 10.7. The Morgan fingerprint density at radius 3 is 1.39 bits per heavy atom. The van der Waals surface area contributed by atoms with Crippen LogP contribution in [-0.2, 0) is 0 Å². The number of phenols is 2. The largest absolute Gasteiger partial charge is 0.504 e. The molecule has 2 bridgehead atoms. The predicted molar refractivity (Wildman–Crippen MR) is 66.8 cm³/mol. The standard InChI is InChI=1S/C14H18O4/c1-17-13-11(15)9-7-3-5-8(6-4-7)10(9)12(16)14(13)18-2/h7-8,15-16H,3-6H2,1-2H3. The molecule has 0 amide bonds. The Morgan fingerprint density at radius 2 is 1.11 bits per heavy atom. The van der Waals surface area contributed by atoms with E-state index in [2.05, 4.69) is 0 Å². The van der Waals surface area contributed by atoms with Gasteiger partial charge in [-0.3, -0.25) is 0 Å². The summed E-state index contributed by atoms with van der Waals surface area (Å²) < 4.78 is 10.4. The van der Waals surface area contributed by atoms with Crippen LogP contribution in [0.25, 0.3) is 0 Å². The summed E-state index contributed by atoms with van der Waals surface area (Å²) in [5.41, 5.74) is 1.76. The lowest BCUT2D eigenvalue weighted by Crippen LogP contribution is -2.22. The van der Waals surface area contributed by atoms with Crippen LogP contribution >= 0.6 is 0 Å². The molecule has 0 saturated heterocycles. The summed E-state index contributed by atoms with van der Waals surface area (Å²) >= 11 is 0. The summed E-state index contributed by atoms with van der Waals surface area (Å²) in [6, 6.07) is 0. The van der Waals surface area contributed by atoms with Gasteiger partial charge in [-0.15, -0.1) is 0 Å². The summed E-state index contributed by atoms with van der Waals surface area (Å²) in [6.07, 6.45) is 4.33. The fraction of sp³-hybridized carbons (Fsp3) is 0.571. The van der Waals surface area contributed by atoms with Crippen molar-refractivity contribution in [3.63, 3.8) is 0 Å². The second kappa shape index (κ2) is 3.97. The Morgan fingerprint density at radius 1 is 0.778 bits per heavy atom. The lowest BCUT2D eigenvalue weighted by atomic mass is 9.66. The van der Waals surface area contributed by atoms with Crippen molar-refractivity contribution < 1.29 is 19.7 Å². The fourth-order valence-electron chi connectivity index (χ4n) is 3.59. The Balaban J connectivity index is 2.31. The minimum atomic E-state index is 0.150. The number of rotatable bonds is 2. The van der Waals surface area contributed by atoms with Gasteiger partial charge in [-0.05, 0) is 37.5 Å². The van der Waals surface area contributed by atoms with E-state index in [1.54, 1.807) is 0 Å². The maximum absolute atomic E-state index is 10.4. The fourth-order valence-corrected chi connectivity index (χ4v) is 3.59. The van der Waals surface area contributed by atoms with Crippen LogP contribution in [0.3, 0.4) is 0 Å². The molecule has 3 aliphatic carbocycles. The molecule has 0 aromatic heterocycles. The van der Waals surface area contributed by atoms with Crippen molar-refractivity contribution in [2.75, 3.05) is 14.2 Å². The maximum atomic E-state index is 10.4. The summed E-state index contributed by atoms with van der Waals surface area (Å²) in [4.78, 5) is 0. The second-order valence-corrected chi connectivity index (χ2v) is 5.14. The van der Waals surface area contributed by atoms with E-state index in [9.17, 15) is 10.2 Å². The molecule has 0 heterocycles. The molecule has 0 spiro atoms. The van der Waals surface area contributed by atoms with Crippen LogP contribution in [0, 0.1) is 0 Å². The number of benzene rings is 1. The van der Waals surface area contributed by atoms with Gasteiger partial charge in [0.15, 0.2) is 11.5 Å². The molecule has 0 unspecified atom stereocenters. The first kappa shape index (κ1) is 11.5. The lowest BCUT2D eigenvalue weighted by molar-refractivity contribution is 0.287. The smallest absolute Gasteiger partial charge is 0.207 e. The number of hydrogen-bond acceptors (Lipinski definition) is 4. The van der Waals surface area contributed by atoms with Gasteiger partial charge in [-0.2, -0.15) is 0 Å². The van der Waals surface area contributed by atoms with Crippen molar-refractivity contribution >= 4 is 0 Å². The first-order valence-electron chi connectivity index (χ1n) is 6.38. The van der Waals surface area contributed by atoms with Crippen LogP contribution < -0.4 is 9.47 Å². The minimum Gasteiger partial charge on any atom is -0.504 e. The highest BCUT2D eigenvalue weighted by Crippen LogP contribution is 2.60. The molecule has 1 aromatic rings. The molecule has 2 N–H and O–H groups in total. The molecule has 98 valence electrons. The number of phenolic OH excluding ortho intramolecular Hbond substituents is 2. The van der Waals surface area contributed by atoms with Crippen LogP contribution in [0.2, 0.25) is 0 Å². The molecular formula is C14H18O4. The van der Waals surface area contributed by atoms with Gasteiger partial charge in [0.2, 0.25) is 11.5 Å². The van der Waals surface area contributed by atoms with Gasteiger partial charge in [0, 0.05) is 11.1 Å². The summed E-state index contributed by atoms with van der Waals surface area (Å²) in [7, 11) is 2.95. The van der Waals surface area contributed by atoms with Crippen LogP contribution in [0.5, 0.6) is 23.0 Å². The van der Waals surface area contributed by atoms with E-state index in [4.69, 9.17) is 9.47 Å². The van der Waals surface area contributed by atoms with Crippen molar-refractivity contribution in [1.82, 2.24) is 0 Å². The van der Waals surface area contributed by atoms with Gasteiger partial charge >= 0.3 is 0 Å². The Bertz CT molecular complexity index is 442. The van der Waals surface area contributed by atoms with E-state index in [-0.39, 0.29) is 23.0 Å². The molecule has 3 aliphatic rings. The Kier molecular flexibility index (Phi) is 2.54. The Labute approximate surface area is 106 Å². The van der Waals surface area contributed by atoms with E-state index in [1.807, 2.05) is 0 Å². The lowest BCUT2D eigenvalue weighted by Gasteiger charge is -2.39. The van der Waals surface area contributed by atoms with E-state index in [0.29, 0.717) is 11.8 Å². The molecule has 18 heavy (non-hydrogen) atoms. The maximum Gasteiger partial charge on any atom is 0.207 e. The van der Waals surface area contributed by atoms with Gasteiger partial charge in [0.1, 0.15) is 0 Å². The highest BCUT2D eigenvalue weighted by atomic mass is 16.5. The SMILES string of the molecule is COc1c(O)c2c(c(O)c1OC)C1CCC2CC1. The van der Waals surface area contributed by atoms with Gasteiger partial charge in [0.05, 0.1) is 14.2 Å². The van der Waals surface area contributed by atoms with Crippen LogP contribution in [-0.4, -0.2) is 24.4 Å². The number of hydrogen-bond donors (Lipinski definition) is 2. The van der Waals surface area contributed by atoms with Crippen molar-refractivity contribution in [3.05, 3.63) is 11.1 Å². The number of ether oxygens (including phenoxy) is 2. The second-order valence-electron chi connectivity index (χ2n) is 5.14. The van der Waals surface area contributed by atoms with Gasteiger partial charge in [0.25, 0.3) is 0 Å². The molecule has 1 fully saturated rings. The average Bonchev–Trinajstić information content (AvgIpc) is 2.42. The molecule has 1 aromatic carbocycles. The first-order valence-corrected chi connectivity index (χ1v) is 6.38. The molecule has 0 atom stereocenters. The number of methoxy groups -OCH3 is 2. The molecule has 4 nitrogen and oxygen atoms in total. The molecular weight excluding hydrogens is 232 g/mol. The van der Waals surface area contributed by atoms with Gasteiger partial charge in [-0.25, -0.2) is 0 Å². The molecule has 0 aliphatic heterocycles. The molecule has 1 saturated carbocycles. The third-order valence-electron chi connectivity index (χ3n) is 4.39. The monoisotopic (exact) mass is 250 g/mol. The number of fused-ring (bicyclic) bond motifs is 2. The average molecular weight is 250 g/mol. The normalized spacial score (nSPS) is 24.8. The van der Waals surface area contributed by atoms with Crippen LogP contribution in [0.4, 0.5) is 0 Å². The van der Waals surface area contributed by atoms with E-state index in [1.165, 1.54) is 14.2 Å². The highest BCUT2D eigenvalue weighted by molar-refractivity contribution is 5.68. The first-order chi connectivity index (χ1) is 8.69. The molecule has 4 heteroatoms. The quantitative estimate of drug-likeness (QED) is 0.792. The highest BCUT2D eigenvalue weighted by Gasteiger charge is 2.40. The van der Waals surface area contributed by atoms with Crippen molar-refractivity contribution in [3.8, 4) is 23.0 Å². The summed E-state index contributed by atoms with van der Waals surface area (Å²) in [5.74, 6) is 1.49. The van der Waals surface area contributed by atoms with Crippen LogP contribution in [0.1, 0.15) is 48.6 Å². The summed E-state index contributed by atoms with van der Waals surface area (Å²) in [5, 5.41) is 20.8.